The Bertz CT molecular complexity index is 593. The van der Waals surface area contributed by atoms with Gasteiger partial charge in [-0.2, -0.15) is 4.68 Å². The number of hydrogen-bond acceptors (Lipinski definition) is 5. The standard InChI is InChI=1S/C13H16N6O/c14-11(9-5-6-9)7-15-13(20)10-3-1-2-4-12(10)19-8-16-17-18-19/h1-4,8-9,11H,5-7,14H2,(H,15,20). The predicted octanol–water partition coefficient (Wildman–Crippen LogP) is 0.129. The van der Waals surface area contributed by atoms with Crippen molar-refractivity contribution >= 4 is 5.91 Å². The van der Waals surface area contributed by atoms with E-state index in [4.69, 9.17) is 5.73 Å². The van der Waals surface area contributed by atoms with Gasteiger partial charge in [-0.3, -0.25) is 4.79 Å². The molecule has 1 heterocycles. The molecule has 1 aromatic carbocycles. The van der Waals surface area contributed by atoms with E-state index in [0.29, 0.717) is 23.7 Å². The van der Waals surface area contributed by atoms with E-state index in [1.54, 1.807) is 12.1 Å². The smallest absolute Gasteiger partial charge is 0.253 e. The minimum atomic E-state index is -0.160. The Morgan fingerprint density at radius 1 is 1.45 bits per heavy atom. The molecular weight excluding hydrogens is 256 g/mol. The molecule has 7 heteroatoms. The molecule has 0 radical (unpaired) electrons. The highest BCUT2D eigenvalue weighted by Crippen LogP contribution is 2.31. The Morgan fingerprint density at radius 3 is 2.95 bits per heavy atom. The highest BCUT2D eigenvalue weighted by molar-refractivity contribution is 5.97. The fourth-order valence-electron chi connectivity index (χ4n) is 2.13. The average Bonchev–Trinajstić information content (AvgIpc) is 3.19. The van der Waals surface area contributed by atoms with Crippen molar-refractivity contribution in [2.45, 2.75) is 18.9 Å². The van der Waals surface area contributed by atoms with Crippen LogP contribution in [-0.4, -0.2) is 38.7 Å². The third-order valence-corrected chi connectivity index (χ3v) is 3.47. The molecule has 1 aromatic heterocycles. The summed E-state index contributed by atoms with van der Waals surface area (Å²) >= 11 is 0. The van der Waals surface area contributed by atoms with Crippen LogP contribution in [-0.2, 0) is 0 Å². The number of nitrogens with one attached hydrogen (secondary N) is 1. The number of carbonyl (C=O) groups is 1. The molecule has 7 nitrogen and oxygen atoms in total. The molecule has 1 fully saturated rings. The Balaban J connectivity index is 1.74. The van der Waals surface area contributed by atoms with Gasteiger partial charge >= 0.3 is 0 Å². The summed E-state index contributed by atoms with van der Waals surface area (Å²) in [7, 11) is 0. The second kappa shape index (κ2) is 5.38. The topological polar surface area (TPSA) is 98.7 Å². The summed E-state index contributed by atoms with van der Waals surface area (Å²) in [5.41, 5.74) is 7.16. The number of tetrazole rings is 1. The quantitative estimate of drug-likeness (QED) is 0.806. The number of hydrogen-bond donors (Lipinski definition) is 2. The highest BCUT2D eigenvalue weighted by Gasteiger charge is 2.28. The van der Waals surface area contributed by atoms with Crippen molar-refractivity contribution < 1.29 is 4.79 Å². The van der Waals surface area contributed by atoms with Gasteiger partial charge in [0.2, 0.25) is 0 Å². The van der Waals surface area contributed by atoms with Crippen LogP contribution < -0.4 is 11.1 Å². The van der Waals surface area contributed by atoms with Gasteiger partial charge in [-0.25, -0.2) is 0 Å². The summed E-state index contributed by atoms with van der Waals surface area (Å²) in [6, 6.07) is 7.23. The van der Waals surface area contributed by atoms with Gasteiger partial charge in [0, 0.05) is 12.6 Å². The summed E-state index contributed by atoms with van der Waals surface area (Å²) in [5, 5.41) is 13.9. The lowest BCUT2D eigenvalue weighted by molar-refractivity contribution is 0.0950. The van der Waals surface area contributed by atoms with Crippen molar-refractivity contribution in [3.05, 3.63) is 36.2 Å². The van der Waals surface area contributed by atoms with Crippen LogP contribution in [0.1, 0.15) is 23.2 Å². The zero-order chi connectivity index (χ0) is 13.9. The van der Waals surface area contributed by atoms with E-state index in [9.17, 15) is 4.79 Å². The minimum absolute atomic E-state index is 0.0409. The highest BCUT2D eigenvalue weighted by atomic mass is 16.1. The average molecular weight is 272 g/mol. The number of carbonyl (C=O) groups excluding carboxylic acids is 1. The number of benzene rings is 1. The second-order valence-electron chi connectivity index (χ2n) is 4.98. The molecule has 3 rings (SSSR count). The van der Waals surface area contributed by atoms with Crippen molar-refractivity contribution in [3.63, 3.8) is 0 Å². The molecule has 1 amide bonds. The maximum atomic E-state index is 12.3. The van der Waals surface area contributed by atoms with Crippen LogP contribution in [0.5, 0.6) is 0 Å². The first-order valence-corrected chi connectivity index (χ1v) is 6.62. The number of nitrogens with zero attached hydrogens (tertiary/aromatic N) is 4. The molecule has 2 aromatic rings. The van der Waals surface area contributed by atoms with Crippen molar-refractivity contribution in [2.75, 3.05) is 6.54 Å². The lowest BCUT2D eigenvalue weighted by Crippen LogP contribution is -2.38. The van der Waals surface area contributed by atoms with Gasteiger partial charge < -0.3 is 11.1 Å². The van der Waals surface area contributed by atoms with Crippen LogP contribution in [0.3, 0.4) is 0 Å². The van der Waals surface area contributed by atoms with E-state index in [1.807, 2.05) is 12.1 Å². The Kier molecular flexibility index (Phi) is 3.42. The molecule has 0 aliphatic heterocycles. The molecule has 1 saturated carbocycles. The number of aromatic nitrogens is 4. The fourth-order valence-corrected chi connectivity index (χ4v) is 2.13. The van der Waals surface area contributed by atoms with Crippen LogP contribution in [0.4, 0.5) is 0 Å². The molecule has 104 valence electrons. The lowest BCUT2D eigenvalue weighted by Gasteiger charge is -2.13. The van der Waals surface area contributed by atoms with E-state index in [2.05, 4.69) is 20.8 Å². The van der Waals surface area contributed by atoms with E-state index >= 15 is 0 Å². The number of nitrogens with two attached hydrogens (primary N) is 1. The van der Waals surface area contributed by atoms with Gasteiger partial charge in [0.1, 0.15) is 6.33 Å². The van der Waals surface area contributed by atoms with Crippen LogP contribution in [0.25, 0.3) is 5.69 Å². The molecule has 1 aliphatic rings. The molecule has 3 N–H and O–H groups in total. The number of amides is 1. The molecule has 1 unspecified atom stereocenters. The van der Waals surface area contributed by atoms with Crippen molar-refractivity contribution in [1.82, 2.24) is 25.5 Å². The molecular formula is C13H16N6O. The molecule has 0 spiro atoms. The molecule has 0 saturated heterocycles. The van der Waals surface area contributed by atoms with Gasteiger partial charge in [0.25, 0.3) is 5.91 Å². The van der Waals surface area contributed by atoms with E-state index in [0.717, 1.165) is 12.8 Å². The van der Waals surface area contributed by atoms with Crippen LogP contribution >= 0.6 is 0 Å². The van der Waals surface area contributed by atoms with Crippen LogP contribution in [0.15, 0.2) is 30.6 Å². The molecule has 1 aliphatic carbocycles. The van der Waals surface area contributed by atoms with Crippen molar-refractivity contribution in [1.29, 1.82) is 0 Å². The monoisotopic (exact) mass is 272 g/mol. The first kappa shape index (κ1) is 12.7. The maximum Gasteiger partial charge on any atom is 0.253 e. The Hall–Kier alpha value is -2.28. The summed E-state index contributed by atoms with van der Waals surface area (Å²) in [6.07, 6.45) is 3.79. The minimum Gasteiger partial charge on any atom is -0.350 e. The van der Waals surface area contributed by atoms with Crippen LogP contribution in [0.2, 0.25) is 0 Å². The normalized spacial score (nSPS) is 15.8. The van der Waals surface area contributed by atoms with Gasteiger partial charge in [-0.1, -0.05) is 12.1 Å². The summed E-state index contributed by atoms with van der Waals surface area (Å²) in [6.45, 7) is 0.493. The lowest BCUT2D eigenvalue weighted by atomic mass is 10.1. The second-order valence-corrected chi connectivity index (χ2v) is 4.98. The largest absolute Gasteiger partial charge is 0.350 e. The zero-order valence-corrected chi connectivity index (χ0v) is 10.9. The van der Waals surface area contributed by atoms with Crippen molar-refractivity contribution in [2.24, 2.45) is 11.7 Å². The molecule has 1 atom stereocenters. The SMILES string of the molecule is NC(CNC(=O)c1ccccc1-n1cnnn1)C1CC1. The molecule has 20 heavy (non-hydrogen) atoms. The molecule has 0 bridgehead atoms. The van der Waals surface area contributed by atoms with Crippen LogP contribution in [0, 0.1) is 5.92 Å². The summed E-state index contributed by atoms with van der Waals surface area (Å²) < 4.78 is 1.47. The summed E-state index contributed by atoms with van der Waals surface area (Å²) in [5.74, 6) is 0.400. The number of para-hydroxylation sites is 1. The van der Waals surface area contributed by atoms with E-state index in [1.165, 1.54) is 11.0 Å². The predicted molar refractivity (Wildman–Crippen MR) is 72.2 cm³/mol. The van der Waals surface area contributed by atoms with Gasteiger partial charge in [-0.15, -0.1) is 5.10 Å². The maximum absolute atomic E-state index is 12.3. The Morgan fingerprint density at radius 2 is 2.25 bits per heavy atom. The van der Waals surface area contributed by atoms with Crippen molar-refractivity contribution in [3.8, 4) is 5.69 Å². The fraction of sp³-hybridized carbons (Fsp3) is 0.385. The third kappa shape index (κ3) is 2.67. The van der Waals surface area contributed by atoms with E-state index in [-0.39, 0.29) is 11.9 Å². The van der Waals surface area contributed by atoms with Gasteiger partial charge in [0.15, 0.2) is 0 Å². The van der Waals surface area contributed by atoms with Gasteiger partial charge in [-0.05, 0) is 41.3 Å². The third-order valence-electron chi connectivity index (χ3n) is 3.47. The van der Waals surface area contributed by atoms with Gasteiger partial charge in [0.05, 0.1) is 11.3 Å². The van der Waals surface area contributed by atoms with E-state index < -0.39 is 0 Å². The Labute approximate surface area is 116 Å². The zero-order valence-electron chi connectivity index (χ0n) is 10.9. The number of rotatable bonds is 5. The first-order valence-electron chi connectivity index (χ1n) is 6.62. The first-order chi connectivity index (χ1) is 9.75. The summed E-state index contributed by atoms with van der Waals surface area (Å²) in [4.78, 5) is 12.3.